The summed E-state index contributed by atoms with van der Waals surface area (Å²) >= 11 is 0. The molecule has 1 aliphatic heterocycles. The average Bonchev–Trinajstić information content (AvgIpc) is 2.46. The van der Waals surface area contributed by atoms with E-state index in [0.717, 1.165) is 18.2 Å². The average molecular weight is 296 g/mol. The third kappa shape index (κ3) is 2.99. The molecule has 0 spiro atoms. The molecule has 0 aromatic heterocycles. The molecule has 0 aliphatic carbocycles. The summed E-state index contributed by atoms with van der Waals surface area (Å²) in [4.78, 5) is 34.4. The summed E-state index contributed by atoms with van der Waals surface area (Å²) < 4.78 is 13.3. The summed E-state index contributed by atoms with van der Waals surface area (Å²) in [6.45, 7) is 0.265. The minimum Gasteiger partial charge on any atom is -0.480 e. The number of benzene rings is 1. The summed E-state index contributed by atoms with van der Waals surface area (Å²) in [7, 11) is 0. The molecular weight excluding hydrogens is 283 g/mol. The van der Waals surface area contributed by atoms with Gasteiger partial charge in [-0.1, -0.05) is 0 Å². The third-order valence-corrected chi connectivity index (χ3v) is 3.44. The molecular formula is C13H13FN2O5. The van der Waals surface area contributed by atoms with Crippen LogP contribution in [-0.2, 0) is 4.79 Å². The van der Waals surface area contributed by atoms with Gasteiger partial charge in [-0.05, 0) is 31.4 Å². The van der Waals surface area contributed by atoms with Crippen LogP contribution in [0.4, 0.5) is 10.1 Å². The molecule has 1 atom stereocenters. The monoisotopic (exact) mass is 296 g/mol. The Morgan fingerprint density at radius 1 is 1.38 bits per heavy atom. The highest BCUT2D eigenvalue weighted by atomic mass is 19.1. The fraction of sp³-hybridized carbons (Fsp3) is 0.385. The van der Waals surface area contributed by atoms with Gasteiger partial charge < -0.3 is 10.0 Å². The maximum atomic E-state index is 13.3. The molecule has 1 aliphatic rings. The van der Waals surface area contributed by atoms with Gasteiger partial charge in [0.25, 0.3) is 5.91 Å². The first-order chi connectivity index (χ1) is 9.91. The normalized spacial score (nSPS) is 18.3. The maximum Gasteiger partial charge on any atom is 0.326 e. The Morgan fingerprint density at radius 3 is 2.71 bits per heavy atom. The lowest BCUT2D eigenvalue weighted by molar-refractivity contribution is -0.387. The van der Waals surface area contributed by atoms with E-state index in [0.29, 0.717) is 19.3 Å². The predicted molar refractivity (Wildman–Crippen MR) is 69.4 cm³/mol. The minimum absolute atomic E-state index is 0.0868. The second-order valence-corrected chi connectivity index (χ2v) is 4.77. The summed E-state index contributed by atoms with van der Waals surface area (Å²) in [6, 6.07) is 1.85. The molecule has 0 saturated carbocycles. The number of halogens is 1. The number of rotatable bonds is 3. The smallest absolute Gasteiger partial charge is 0.326 e. The Balaban J connectivity index is 2.32. The van der Waals surface area contributed by atoms with Crippen molar-refractivity contribution in [2.75, 3.05) is 6.54 Å². The first kappa shape index (κ1) is 14.9. The number of likely N-dealkylation sites (tertiary alicyclic amines) is 1. The predicted octanol–water partition coefficient (Wildman–Crippen LogP) is 1.81. The Kier molecular flexibility index (Phi) is 4.15. The Hall–Kier alpha value is -2.51. The molecule has 7 nitrogen and oxygen atoms in total. The van der Waals surface area contributed by atoms with E-state index in [9.17, 15) is 24.1 Å². The van der Waals surface area contributed by atoms with Gasteiger partial charge in [0.1, 0.15) is 6.04 Å². The first-order valence-corrected chi connectivity index (χ1v) is 6.39. The number of amides is 1. The maximum absolute atomic E-state index is 13.3. The lowest BCUT2D eigenvalue weighted by Gasteiger charge is -2.32. The number of nitro benzene ring substituents is 1. The van der Waals surface area contributed by atoms with Crippen molar-refractivity contribution in [2.24, 2.45) is 0 Å². The molecule has 0 radical (unpaired) electrons. The molecule has 112 valence electrons. The van der Waals surface area contributed by atoms with Crippen LogP contribution >= 0.6 is 0 Å². The van der Waals surface area contributed by atoms with Gasteiger partial charge in [0.15, 0.2) is 0 Å². The number of piperidine rings is 1. The van der Waals surface area contributed by atoms with Crippen molar-refractivity contribution < 1.29 is 24.0 Å². The Morgan fingerprint density at radius 2 is 2.10 bits per heavy atom. The lowest BCUT2D eigenvalue weighted by atomic mass is 10.0. The fourth-order valence-electron chi connectivity index (χ4n) is 2.38. The molecule has 1 heterocycles. The standard InChI is InChI=1S/C13H13FN2O5/c14-9-5-4-8(7-11(9)16(20)21)12(17)15-6-2-1-3-10(15)13(18)19/h4-5,7,10H,1-3,6H2,(H,18,19)/t10-/m0/s1. The van der Waals surface area contributed by atoms with Crippen LogP contribution in [0.3, 0.4) is 0 Å². The number of carbonyl (C=O) groups is 2. The van der Waals surface area contributed by atoms with E-state index in [1.54, 1.807) is 0 Å². The highest BCUT2D eigenvalue weighted by molar-refractivity contribution is 5.97. The van der Waals surface area contributed by atoms with Crippen molar-refractivity contribution in [1.82, 2.24) is 4.90 Å². The van der Waals surface area contributed by atoms with Crippen LogP contribution in [0.15, 0.2) is 18.2 Å². The molecule has 1 aromatic rings. The van der Waals surface area contributed by atoms with Gasteiger partial charge in [-0.25, -0.2) is 4.79 Å². The van der Waals surface area contributed by atoms with Crippen LogP contribution in [-0.4, -0.2) is 39.4 Å². The highest BCUT2D eigenvalue weighted by Gasteiger charge is 2.33. The van der Waals surface area contributed by atoms with Gasteiger partial charge in [0.05, 0.1) is 4.92 Å². The van der Waals surface area contributed by atoms with Crippen molar-refractivity contribution in [3.05, 3.63) is 39.7 Å². The van der Waals surface area contributed by atoms with Crippen molar-refractivity contribution in [1.29, 1.82) is 0 Å². The SMILES string of the molecule is O=C(O)[C@@H]1CCCCN1C(=O)c1ccc(F)c([N+](=O)[O-])c1. The van der Waals surface area contributed by atoms with E-state index in [1.807, 2.05) is 0 Å². The van der Waals surface area contributed by atoms with Crippen LogP contribution in [0.5, 0.6) is 0 Å². The second-order valence-electron chi connectivity index (χ2n) is 4.77. The van der Waals surface area contributed by atoms with Crippen LogP contribution in [0.1, 0.15) is 29.6 Å². The second kappa shape index (κ2) is 5.86. The van der Waals surface area contributed by atoms with Crippen LogP contribution in [0.2, 0.25) is 0 Å². The van der Waals surface area contributed by atoms with Crippen molar-refractivity contribution in [3.63, 3.8) is 0 Å². The van der Waals surface area contributed by atoms with Crippen molar-refractivity contribution >= 4 is 17.6 Å². The Bertz CT molecular complexity index is 604. The van der Waals surface area contributed by atoms with E-state index in [-0.39, 0.29) is 12.1 Å². The number of carboxylic acid groups (broad SMARTS) is 1. The summed E-state index contributed by atoms with van der Waals surface area (Å²) in [6.07, 6.45) is 1.70. The zero-order chi connectivity index (χ0) is 15.6. The number of hydrogen-bond donors (Lipinski definition) is 1. The van der Waals surface area contributed by atoms with Gasteiger partial charge in [-0.3, -0.25) is 14.9 Å². The number of carboxylic acids is 1. The van der Waals surface area contributed by atoms with Gasteiger partial charge >= 0.3 is 11.7 Å². The van der Waals surface area contributed by atoms with Crippen LogP contribution in [0.25, 0.3) is 0 Å². The van der Waals surface area contributed by atoms with E-state index >= 15 is 0 Å². The molecule has 1 saturated heterocycles. The largest absolute Gasteiger partial charge is 0.480 e. The van der Waals surface area contributed by atoms with E-state index in [2.05, 4.69) is 0 Å². The topological polar surface area (TPSA) is 101 Å². The fourth-order valence-corrected chi connectivity index (χ4v) is 2.38. The van der Waals surface area contributed by atoms with Gasteiger partial charge in [0, 0.05) is 18.2 Å². The summed E-state index contributed by atoms with van der Waals surface area (Å²) in [5.74, 6) is -2.78. The molecule has 0 bridgehead atoms. The molecule has 8 heteroatoms. The number of nitro groups is 1. The third-order valence-electron chi connectivity index (χ3n) is 3.44. The first-order valence-electron chi connectivity index (χ1n) is 6.39. The Labute approximate surface area is 119 Å². The molecule has 1 amide bonds. The van der Waals surface area contributed by atoms with Crippen LogP contribution < -0.4 is 0 Å². The summed E-state index contributed by atoms with van der Waals surface area (Å²) in [5.41, 5.74) is -0.888. The molecule has 0 unspecified atom stereocenters. The number of carbonyl (C=O) groups excluding carboxylic acids is 1. The van der Waals surface area contributed by atoms with Crippen LogP contribution in [0, 0.1) is 15.9 Å². The lowest BCUT2D eigenvalue weighted by Crippen LogP contribution is -2.48. The van der Waals surface area contributed by atoms with Crippen molar-refractivity contribution in [3.8, 4) is 0 Å². The van der Waals surface area contributed by atoms with E-state index < -0.39 is 34.3 Å². The zero-order valence-electron chi connectivity index (χ0n) is 11.0. The number of aliphatic carboxylic acids is 1. The molecule has 1 N–H and O–H groups in total. The highest BCUT2D eigenvalue weighted by Crippen LogP contribution is 2.23. The van der Waals surface area contributed by atoms with Gasteiger partial charge in [-0.15, -0.1) is 0 Å². The van der Waals surface area contributed by atoms with E-state index in [4.69, 9.17) is 5.11 Å². The molecule has 21 heavy (non-hydrogen) atoms. The quantitative estimate of drug-likeness (QED) is 0.677. The van der Waals surface area contributed by atoms with Crippen molar-refractivity contribution in [2.45, 2.75) is 25.3 Å². The molecule has 1 aromatic carbocycles. The zero-order valence-corrected chi connectivity index (χ0v) is 11.0. The van der Waals surface area contributed by atoms with Gasteiger partial charge in [0.2, 0.25) is 5.82 Å². The molecule has 2 rings (SSSR count). The molecule has 1 fully saturated rings. The summed E-state index contributed by atoms with van der Waals surface area (Å²) in [5, 5.41) is 19.8. The number of hydrogen-bond acceptors (Lipinski definition) is 4. The minimum atomic E-state index is -1.11. The van der Waals surface area contributed by atoms with E-state index in [1.165, 1.54) is 4.90 Å². The number of nitrogens with zero attached hydrogens (tertiary/aromatic N) is 2. The van der Waals surface area contributed by atoms with Gasteiger partial charge in [-0.2, -0.15) is 4.39 Å².